The third kappa shape index (κ3) is 6.21. The maximum absolute atomic E-state index is 11.9. The van der Waals surface area contributed by atoms with Crippen molar-refractivity contribution >= 4 is 17.5 Å². The maximum atomic E-state index is 11.9. The van der Waals surface area contributed by atoms with Crippen LogP contribution in [0.15, 0.2) is 24.3 Å². The summed E-state index contributed by atoms with van der Waals surface area (Å²) >= 11 is 0. The van der Waals surface area contributed by atoms with Crippen molar-refractivity contribution in [3.8, 4) is 5.75 Å². The van der Waals surface area contributed by atoms with Crippen LogP contribution in [0.4, 0.5) is 0 Å². The van der Waals surface area contributed by atoms with Gasteiger partial charge >= 0.3 is 5.97 Å². The first-order valence-electron chi connectivity index (χ1n) is 6.91. The Kier molecular flexibility index (Phi) is 7.15. The van der Waals surface area contributed by atoms with Crippen molar-refractivity contribution in [2.24, 2.45) is 0 Å². The molecule has 21 heavy (non-hydrogen) atoms. The van der Waals surface area contributed by atoms with Gasteiger partial charge in [0.05, 0.1) is 20.1 Å². The number of ether oxygens (including phenoxy) is 2. The second-order valence-electron chi connectivity index (χ2n) is 4.50. The summed E-state index contributed by atoms with van der Waals surface area (Å²) in [6.07, 6.45) is 0.483. The molecule has 0 N–H and O–H groups in total. The Labute approximate surface area is 124 Å². The van der Waals surface area contributed by atoms with Gasteiger partial charge in [-0.1, -0.05) is 0 Å². The van der Waals surface area contributed by atoms with Gasteiger partial charge < -0.3 is 9.47 Å². The summed E-state index contributed by atoms with van der Waals surface area (Å²) < 4.78 is 9.75. The first-order chi connectivity index (χ1) is 10.1. The molecule has 0 saturated carbocycles. The van der Waals surface area contributed by atoms with Gasteiger partial charge in [0.1, 0.15) is 11.5 Å². The quantitative estimate of drug-likeness (QED) is 0.517. The van der Waals surface area contributed by atoms with Crippen LogP contribution in [-0.4, -0.2) is 31.3 Å². The van der Waals surface area contributed by atoms with Gasteiger partial charge in [0.25, 0.3) is 0 Å². The van der Waals surface area contributed by atoms with Crippen molar-refractivity contribution in [2.45, 2.75) is 32.6 Å². The Morgan fingerprint density at radius 1 is 0.952 bits per heavy atom. The van der Waals surface area contributed by atoms with Crippen LogP contribution in [0.5, 0.6) is 5.75 Å². The average Bonchev–Trinajstić information content (AvgIpc) is 2.51. The van der Waals surface area contributed by atoms with E-state index in [1.807, 2.05) is 0 Å². The second-order valence-corrected chi connectivity index (χ2v) is 4.50. The fourth-order valence-electron chi connectivity index (χ4n) is 1.77. The number of Topliss-reactive ketones (excluding diaryl/α,β-unsaturated/α-hetero) is 2. The molecule has 0 radical (unpaired) electrons. The minimum absolute atomic E-state index is 0.0728. The summed E-state index contributed by atoms with van der Waals surface area (Å²) in [6, 6.07) is 6.75. The lowest BCUT2D eigenvalue weighted by Gasteiger charge is -2.03. The van der Waals surface area contributed by atoms with Gasteiger partial charge in [0, 0.05) is 24.8 Å². The predicted molar refractivity (Wildman–Crippen MR) is 77.4 cm³/mol. The van der Waals surface area contributed by atoms with E-state index in [0.29, 0.717) is 17.9 Å². The van der Waals surface area contributed by atoms with E-state index in [2.05, 4.69) is 0 Å². The second kappa shape index (κ2) is 8.89. The summed E-state index contributed by atoms with van der Waals surface area (Å²) in [5.74, 6) is 0.0939. The zero-order chi connectivity index (χ0) is 15.7. The first-order valence-corrected chi connectivity index (χ1v) is 6.91. The molecule has 0 unspecified atom stereocenters. The van der Waals surface area contributed by atoms with E-state index in [1.165, 1.54) is 0 Å². The van der Waals surface area contributed by atoms with Crippen molar-refractivity contribution in [3.05, 3.63) is 29.8 Å². The topological polar surface area (TPSA) is 69.7 Å². The number of methoxy groups -OCH3 is 1. The molecule has 1 aromatic carbocycles. The third-order valence-corrected chi connectivity index (χ3v) is 2.96. The lowest BCUT2D eigenvalue weighted by Crippen LogP contribution is -2.09. The van der Waals surface area contributed by atoms with Gasteiger partial charge in [0.2, 0.25) is 0 Å². The Morgan fingerprint density at radius 2 is 1.57 bits per heavy atom. The van der Waals surface area contributed by atoms with Crippen LogP contribution >= 0.6 is 0 Å². The molecule has 0 aliphatic heterocycles. The molecule has 0 aliphatic carbocycles. The monoisotopic (exact) mass is 292 g/mol. The van der Waals surface area contributed by atoms with E-state index < -0.39 is 0 Å². The van der Waals surface area contributed by atoms with E-state index in [1.54, 1.807) is 38.3 Å². The van der Waals surface area contributed by atoms with Crippen LogP contribution in [-0.2, 0) is 14.3 Å². The number of benzene rings is 1. The van der Waals surface area contributed by atoms with Gasteiger partial charge in [-0.15, -0.1) is 0 Å². The van der Waals surface area contributed by atoms with Crippen LogP contribution in [0.1, 0.15) is 43.0 Å². The molecule has 1 aromatic rings. The van der Waals surface area contributed by atoms with Crippen LogP contribution in [0.25, 0.3) is 0 Å². The van der Waals surface area contributed by atoms with Crippen LogP contribution < -0.4 is 4.74 Å². The molecule has 5 nitrogen and oxygen atoms in total. The minimum atomic E-state index is -0.382. The number of hydrogen-bond donors (Lipinski definition) is 0. The standard InChI is InChI=1S/C16H20O5/c1-3-21-16(19)11-7-13(17)6-10-15(18)12-4-8-14(20-2)9-5-12/h4-5,8-9H,3,6-7,10-11H2,1-2H3. The highest BCUT2D eigenvalue weighted by Crippen LogP contribution is 2.13. The molecule has 1 rings (SSSR count). The molecule has 114 valence electrons. The summed E-state index contributed by atoms with van der Waals surface area (Å²) in [7, 11) is 1.55. The van der Waals surface area contributed by atoms with Gasteiger partial charge in [-0.3, -0.25) is 14.4 Å². The molecular formula is C16H20O5. The Bertz CT molecular complexity index is 490. The lowest BCUT2D eigenvalue weighted by molar-refractivity contribution is -0.144. The fourth-order valence-corrected chi connectivity index (χ4v) is 1.77. The number of carbonyl (C=O) groups is 3. The van der Waals surface area contributed by atoms with Crippen molar-refractivity contribution in [1.29, 1.82) is 0 Å². The summed E-state index contributed by atoms with van der Waals surface area (Å²) in [5.41, 5.74) is 0.550. The highest BCUT2D eigenvalue weighted by Gasteiger charge is 2.11. The van der Waals surface area contributed by atoms with Gasteiger partial charge in [-0.2, -0.15) is 0 Å². The predicted octanol–water partition coefficient (Wildman–Crippen LogP) is 2.57. The molecule has 0 fully saturated rings. The van der Waals surface area contributed by atoms with E-state index >= 15 is 0 Å². The van der Waals surface area contributed by atoms with Gasteiger partial charge in [0.15, 0.2) is 5.78 Å². The minimum Gasteiger partial charge on any atom is -0.497 e. The smallest absolute Gasteiger partial charge is 0.306 e. The third-order valence-electron chi connectivity index (χ3n) is 2.96. The van der Waals surface area contributed by atoms with E-state index in [4.69, 9.17) is 9.47 Å². The molecule has 0 bridgehead atoms. The zero-order valence-electron chi connectivity index (χ0n) is 12.4. The summed E-state index contributed by atoms with van der Waals surface area (Å²) in [4.78, 5) is 34.6. The molecule has 0 heterocycles. The lowest BCUT2D eigenvalue weighted by atomic mass is 10.0. The van der Waals surface area contributed by atoms with Crippen molar-refractivity contribution in [3.63, 3.8) is 0 Å². The highest BCUT2D eigenvalue weighted by molar-refractivity contribution is 5.98. The number of carbonyl (C=O) groups excluding carboxylic acids is 3. The summed E-state index contributed by atoms with van der Waals surface area (Å²) in [5, 5.41) is 0. The van der Waals surface area contributed by atoms with Crippen molar-refractivity contribution in [2.75, 3.05) is 13.7 Å². The zero-order valence-corrected chi connectivity index (χ0v) is 12.4. The van der Waals surface area contributed by atoms with E-state index in [-0.39, 0.29) is 43.2 Å². The SMILES string of the molecule is CCOC(=O)CCC(=O)CCC(=O)c1ccc(OC)cc1. The average molecular weight is 292 g/mol. The van der Waals surface area contributed by atoms with Gasteiger partial charge in [-0.05, 0) is 31.2 Å². The number of rotatable bonds is 9. The molecule has 5 heteroatoms. The van der Waals surface area contributed by atoms with Crippen LogP contribution in [0.2, 0.25) is 0 Å². The van der Waals surface area contributed by atoms with E-state index in [0.717, 1.165) is 0 Å². The van der Waals surface area contributed by atoms with E-state index in [9.17, 15) is 14.4 Å². The molecule has 0 aromatic heterocycles. The summed E-state index contributed by atoms with van der Waals surface area (Å²) in [6.45, 7) is 2.02. The first kappa shape index (κ1) is 16.9. The molecular weight excluding hydrogens is 272 g/mol. The van der Waals surface area contributed by atoms with Crippen molar-refractivity contribution in [1.82, 2.24) is 0 Å². The van der Waals surface area contributed by atoms with Gasteiger partial charge in [-0.25, -0.2) is 0 Å². The molecule has 0 saturated heterocycles. The van der Waals surface area contributed by atoms with Crippen LogP contribution in [0.3, 0.4) is 0 Å². The fraction of sp³-hybridized carbons (Fsp3) is 0.438. The Morgan fingerprint density at radius 3 is 2.14 bits per heavy atom. The molecule has 0 amide bonds. The maximum Gasteiger partial charge on any atom is 0.306 e. The highest BCUT2D eigenvalue weighted by atomic mass is 16.5. The normalized spacial score (nSPS) is 10.0. The Balaban J connectivity index is 2.34. The number of hydrogen-bond acceptors (Lipinski definition) is 5. The number of esters is 1. The molecule has 0 spiro atoms. The number of ketones is 2. The van der Waals surface area contributed by atoms with Crippen LogP contribution in [0, 0.1) is 0 Å². The van der Waals surface area contributed by atoms with Crippen molar-refractivity contribution < 1.29 is 23.9 Å². The largest absolute Gasteiger partial charge is 0.497 e. The molecule has 0 aliphatic rings. The Hall–Kier alpha value is -2.17. The molecule has 0 atom stereocenters.